The first kappa shape index (κ1) is 22.6. The van der Waals surface area contributed by atoms with Crippen LogP contribution < -0.4 is 0 Å². The highest BCUT2D eigenvalue weighted by molar-refractivity contribution is 5.16. The molecule has 3 aromatic carbocycles. The van der Waals surface area contributed by atoms with Gasteiger partial charge in [-0.3, -0.25) is 0 Å². The highest BCUT2D eigenvalue weighted by Crippen LogP contribution is 2.37. The summed E-state index contributed by atoms with van der Waals surface area (Å²) in [5, 5.41) is 10.8. The first-order chi connectivity index (χ1) is 15.6. The maximum Gasteiger partial charge on any atom is 0.187 e. The Kier molecular flexibility index (Phi) is 7.68. The Labute approximate surface area is 189 Å². The molecule has 1 fully saturated rings. The predicted molar refractivity (Wildman–Crippen MR) is 122 cm³/mol. The highest BCUT2D eigenvalue weighted by Gasteiger charge is 2.55. The van der Waals surface area contributed by atoms with E-state index in [1.807, 2.05) is 97.9 Å². The van der Waals surface area contributed by atoms with Crippen LogP contribution in [0.1, 0.15) is 23.6 Å². The van der Waals surface area contributed by atoms with Gasteiger partial charge in [0, 0.05) is 0 Å². The van der Waals surface area contributed by atoms with Crippen molar-refractivity contribution in [2.45, 2.75) is 50.8 Å². The Morgan fingerprint density at radius 2 is 1.25 bits per heavy atom. The minimum absolute atomic E-state index is 0.287. The summed E-state index contributed by atoms with van der Waals surface area (Å²) in [6.07, 6.45) is -2.09. The third-order valence-corrected chi connectivity index (χ3v) is 5.76. The van der Waals surface area contributed by atoms with Crippen molar-refractivity contribution in [1.82, 2.24) is 0 Å². The van der Waals surface area contributed by atoms with Crippen molar-refractivity contribution in [3.63, 3.8) is 0 Å². The normalized spacial score (nSPS) is 25.1. The average molecular weight is 435 g/mol. The Balaban J connectivity index is 1.45. The molecule has 4 atom stereocenters. The summed E-state index contributed by atoms with van der Waals surface area (Å²) in [6, 6.07) is 29.8. The molecule has 0 radical (unpaired) electrons. The Bertz CT molecular complexity index is 934. The van der Waals surface area contributed by atoms with E-state index in [9.17, 15) is 5.11 Å². The van der Waals surface area contributed by atoms with Crippen molar-refractivity contribution in [2.24, 2.45) is 0 Å². The molecule has 5 nitrogen and oxygen atoms in total. The monoisotopic (exact) mass is 434 g/mol. The third-order valence-electron chi connectivity index (χ3n) is 5.76. The van der Waals surface area contributed by atoms with Crippen molar-refractivity contribution < 1.29 is 24.1 Å². The summed E-state index contributed by atoms with van der Waals surface area (Å²) in [5.41, 5.74) is 2.11. The molecular weight excluding hydrogens is 404 g/mol. The fourth-order valence-corrected chi connectivity index (χ4v) is 3.88. The van der Waals surface area contributed by atoms with Crippen molar-refractivity contribution in [3.8, 4) is 0 Å². The van der Waals surface area contributed by atoms with Gasteiger partial charge in [0.25, 0.3) is 0 Å². The maximum atomic E-state index is 10.8. The van der Waals surface area contributed by atoms with E-state index in [0.717, 1.165) is 16.7 Å². The lowest BCUT2D eigenvalue weighted by molar-refractivity contribution is -0.203. The molecule has 0 aliphatic carbocycles. The third kappa shape index (κ3) is 5.63. The SMILES string of the molecule is CC1(OCc2ccccc2)C(O)O[C@H](COCc2ccccc2)[C@H]1OCc1ccccc1. The Morgan fingerprint density at radius 3 is 1.81 bits per heavy atom. The van der Waals surface area contributed by atoms with Gasteiger partial charge in [0.05, 0.1) is 26.4 Å². The van der Waals surface area contributed by atoms with Gasteiger partial charge in [-0.2, -0.15) is 0 Å². The second kappa shape index (κ2) is 10.9. The molecule has 1 aliphatic rings. The van der Waals surface area contributed by atoms with Crippen molar-refractivity contribution >= 4 is 0 Å². The van der Waals surface area contributed by atoms with Gasteiger partial charge in [0.15, 0.2) is 6.29 Å². The van der Waals surface area contributed by atoms with Gasteiger partial charge in [0.1, 0.15) is 17.8 Å². The highest BCUT2D eigenvalue weighted by atomic mass is 16.7. The molecule has 0 spiro atoms. The lowest BCUT2D eigenvalue weighted by Gasteiger charge is -2.33. The zero-order valence-corrected chi connectivity index (χ0v) is 18.3. The van der Waals surface area contributed by atoms with Gasteiger partial charge in [-0.25, -0.2) is 0 Å². The lowest BCUT2D eigenvalue weighted by Crippen LogP contribution is -2.49. The maximum absolute atomic E-state index is 10.8. The summed E-state index contributed by atoms with van der Waals surface area (Å²) in [6.45, 7) is 3.33. The number of aliphatic hydroxyl groups excluding tert-OH is 1. The molecule has 32 heavy (non-hydrogen) atoms. The molecule has 0 aromatic heterocycles. The molecule has 1 heterocycles. The average Bonchev–Trinajstić information content (AvgIpc) is 3.07. The van der Waals surface area contributed by atoms with Crippen LogP contribution in [-0.4, -0.2) is 35.8 Å². The first-order valence-electron chi connectivity index (χ1n) is 10.9. The molecule has 0 bridgehead atoms. The molecule has 5 heteroatoms. The summed E-state index contributed by atoms with van der Waals surface area (Å²) in [7, 11) is 0. The standard InChI is InChI=1S/C27H30O5/c1-27(31-19-23-15-9-4-10-16-23)25(30-18-22-13-7-3-8-14-22)24(32-26(27)28)20-29-17-21-11-5-2-6-12-21/h2-16,24-26,28H,17-20H2,1H3/t24-,25-,26?,27?/m1/s1. The minimum atomic E-state index is -1.13. The van der Waals surface area contributed by atoms with Crippen molar-refractivity contribution in [2.75, 3.05) is 6.61 Å². The number of rotatable bonds is 10. The van der Waals surface area contributed by atoms with Crippen LogP contribution in [0.3, 0.4) is 0 Å². The summed E-state index contributed by atoms with van der Waals surface area (Å²) >= 11 is 0. The van der Waals surface area contributed by atoms with Gasteiger partial charge in [0.2, 0.25) is 0 Å². The van der Waals surface area contributed by atoms with E-state index in [1.165, 1.54) is 0 Å². The largest absolute Gasteiger partial charge is 0.374 e. The van der Waals surface area contributed by atoms with Gasteiger partial charge >= 0.3 is 0 Å². The molecule has 3 aromatic rings. The second-order valence-electron chi connectivity index (χ2n) is 8.20. The number of aliphatic hydroxyl groups is 1. The van der Waals surface area contributed by atoms with E-state index >= 15 is 0 Å². The van der Waals surface area contributed by atoms with Crippen LogP contribution in [0, 0.1) is 0 Å². The molecule has 4 rings (SSSR count). The van der Waals surface area contributed by atoms with Crippen LogP contribution in [0.2, 0.25) is 0 Å². The van der Waals surface area contributed by atoms with E-state index in [1.54, 1.807) is 0 Å². The number of hydrogen-bond donors (Lipinski definition) is 1. The molecule has 0 amide bonds. The smallest absolute Gasteiger partial charge is 0.187 e. The summed E-state index contributed by atoms with van der Waals surface area (Å²) in [4.78, 5) is 0. The lowest BCUT2D eigenvalue weighted by atomic mass is 9.96. The fraction of sp³-hybridized carbons (Fsp3) is 0.333. The van der Waals surface area contributed by atoms with Crippen LogP contribution in [0.25, 0.3) is 0 Å². The molecule has 0 saturated carbocycles. The molecule has 2 unspecified atom stereocenters. The Hall–Kier alpha value is -2.54. The van der Waals surface area contributed by atoms with Crippen molar-refractivity contribution in [1.29, 1.82) is 0 Å². The fourth-order valence-electron chi connectivity index (χ4n) is 3.88. The van der Waals surface area contributed by atoms with E-state index < -0.39 is 24.1 Å². The summed E-state index contributed by atoms with van der Waals surface area (Å²) < 4.78 is 24.3. The van der Waals surface area contributed by atoms with Gasteiger partial charge < -0.3 is 24.1 Å². The molecule has 1 aliphatic heterocycles. The van der Waals surface area contributed by atoms with Crippen LogP contribution in [0.5, 0.6) is 0 Å². The molecule has 168 valence electrons. The van der Waals surface area contributed by atoms with Gasteiger partial charge in [-0.15, -0.1) is 0 Å². The van der Waals surface area contributed by atoms with E-state index in [4.69, 9.17) is 18.9 Å². The zero-order chi connectivity index (χ0) is 22.2. The molecular formula is C27H30O5. The van der Waals surface area contributed by atoms with E-state index in [2.05, 4.69) is 0 Å². The summed E-state index contributed by atoms with van der Waals surface area (Å²) in [5.74, 6) is 0. The number of benzene rings is 3. The van der Waals surface area contributed by atoms with Gasteiger partial charge in [-0.1, -0.05) is 91.0 Å². The quantitative estimate of drug-likeness (QED) is 0.510. The number of ether oxygens (including phenoxy) is 4. The topological polar surface area (TPSA) is 57.2 Å². The zero-order valence-electron chi connectivity index (χ0n) is 18.3. The molecule has 1 N–H and O–H groups in total. The minimum Gasteiger partial charge on any atom is -0.374 e. The predicted octanol–water partition coefficient (Wildman–Crippen LogP) is 4.48. The van der Waals surface area contributed by atoms with Gasteiger partial charge in [-0.05, 0) is 23.6 Å². The van der Waals surface area contributed by atoms with E-state index in [-0.39, 0.29) is 6.61 Å². The molecule has 1 saturated heterocycles. The second-order valence-corrected chi connectivity index (χ2v) is 8.20. The van der Waals surface area contributed by atoms with Crippen LogP contribution >= 0.6 is 0 Å². The van der Waals surface area contributed by atoms with Crippen molar-refractivity contribution in [3.05, 3.63) is 108 Å². The first-order valence-corrected chi connectivity index (χ1v) is 10.9. The Morgan fingerprint density at radius 1 is 0.750 bits per heavy atom. The van der Waals surface area contributed by atoms with E-state index in [0.29, 0.717) is 19.8 Å². The number of hydrogen-bond acceptors (Lipinski definition) is 5. The van der Waals surface area contributed by atoms with Crippen LogP contribution in [-0.2, 0) is 38.8 Å². The van der Waals surface area contributed by atoms with Crippen LogP contribution in [0.15, 0.2) is 91.0 Å². The van der Waals surface area contributed by atoms with Crippen LogP contribution in [0.4, 0.5) is 0 Å².